The van der Waals surface area contributed by atoms with E-state index >= 15 is 0 Å². The average molecular weight is 277 g/mol. The van der Waals surface area contributed by atoms with Gasteiger partial charge in [0.05, 0.1) is 6.10 Å². The Morgan fingerprint density at radius 1 is 1.30 bits per heavy atom. The predicted octanol–water partition coefficient (Wildman–Crippen LogP) is 3.43. The number of ether oxygens (including phenoxy) is 1. The highest BCUT2D eigenvalue weighted by Gasteiger charge is 2.28. The minimum absolute atomic E-state index is 0.0418. The molecule has 1 saturated carbocycles. The number of benzene rings is 1. The summed E-state index contributed by atoms with van der Waals surface area (Å²) in [5.74, 6) is 0.925. The fraction of sp³-hybridized carbons (Fsp3) is 0.647. The van der Waals surface area contributed by atoms with Crippen LogP contribution in [0.1, 0.15) is 57.6 Å². The number of hydrogen-bond acceptors (Lipinski definition) is 3. The van der Waals surface area contributed by atoms with Crippen LogP contribution in [0.25, 0.3) is 0 Å². The summed E-state index contributed by atoms with van der Waals surface area (Å²) in [4.78, 5) is 0. The van der Waals surface area contributed by atoms with E-state index in [4.69, 9.17) is 4.74 Å². The Bertz CT molecular complexity index is 408. The Kier molecular flexibility index (Phi) is 5.86. The molecule has 20 heavy (non-hydrogen) atoms. The van der Waals surface area contributed by atoms with Crippen LogP contribution in [0.4, 0.5) is 0 Å². The number of hydrogen-bond donors (Lipinski definition) is 2. The Morgan fingerprint density at radius 3 is 2.75 bits per heavy atom. The number of nitrogens with one attached hydrogen (secondary N) is 1. The maximum Gasteiger partial charge on any atom is 0.124 e. The molecule has 1 aliphatic rings. The Labute approximate surface area is 122 Å². The molecule has 112 valence electrons. The molecule has 1 aromatic rings. The van der Waals surface area contributed by atoms with Gasteiger partial charge in [-0.2, -0.15) is 0 Å². The second-order valence-corrected chi connectivity index (χ2v) is 5.61. The molecule has 1 fully saturated rings. The highest BCUT2D eigenvalue weighted by molar-refractivity contribution is 5.36. The molecule has 3 nitrogen and oxygen atoms in total. The van der Waals surface area contributed by atoms with Crippen molar-refractivity contribution in [1.82, 2.24) is 5.32 Å². The fourth-order valence-corrected chi connectivity index (χ4v) is 2.88. The van der Waals surface area contributed by atoms with Crippen LogP contribution in [0, 0.1) is 0 Å². The molecule has 0 spiro atoms. The molecular formula is C17H27NO2. The summed E-state index contributed by atoms with van der Waals surface area (Å²) in [6.07, 6.45) is 4.67. The molecule has 1 aliphatic carbocycles. The summed E-state index contributed by atoms with van der Waals surface area (Å²) in [6, 6.07) is 8.55. The third kappa shape index (κ3) is 3.74. The maximum atomic E-state index is 9.94. The number of para-hydroxylation sites is 1. The van der Waals surface area contributed by atoms with Crippen LogP contribution in [0.5, 0.6) is 5.75 Å². The van der Waals surface area contributed by atoms with Crippen molar-refractivity contribution in [3.63, 3.8) is 0 Å². The molecule has 0 amide bonds. The number of aliphatic hydroxyl groups excluding tert-OH is 1. The molecule has 0 aliphatic heterocycles. The second-order valence-electron chi connectivity index (χ2n) is 5.61. The van der Waals surface area contributed by atoms with E-state index in [1.54, 1.807) is 0 Å². The minimum Gasteiger partial charge on any atom is -0.487 e. The summed E-state index contributed by atoms with van der Waals surface area (Å²) in [7, 11) is 0. The average Bonchev–Trinajstić information content (AvgIpc) is 2.87. The molecule has 0 radical (unpaired) electrons. The molecule has 0 aromatic heterocycles. The van der Waals surface area contributed by atoms with Crippen LogP contribution < -0.4 is 10.1 Å². The lowest BCUT2D eigenvalue weighted by molar-refractivity contribution is 0.0594. The largest absolute Gasteiger partial charge is 0.487 e. The van der Waals surface area contributed by atoms with Gasteiger partial charge in [0.2, 0.25) is 0 Å². The van der Waals surface area contributed by atoms with Crippen molar-refractivity contribution >= 4 is 0 Å². The third-order valence-corrected chi connectivity index (χ3v) is 4.04. The lowest BCUT2D eigenvalue weighted by Gasteiger charge is -2.24. The van der Waals surface area contributed by atoms with Crippen molar-refractivity contribution in [2.75, 3.05) is 6.54 Å². The van der Waals surface area contributed by atoms with Crippen molar-refractivity contribution in [2.45, 2.75) is 64.2 Å². The van der Waals surface area contributed by atoms with Gasteiger partial charge in [0.1, 0.15) is 11.9 Å². The van der Waals surface area contributed by atoms with Crippen LogP contribution in [0.15, 0.2) is 24.3 Å². The monoisotopic (exact) mass is 277 g/mol. The second kappa shape index (κ2) is 7.65. The van der Waals surface area contributed by atoms with Crippen molar-refractivity contribution < 1.29 is 9.84 Å². The molecule has 0 saturated heterocycles. The lowest BCUT2D eigenvalue weighted by atomic mass is 10.0. The van der Waals surface area contributed by atoms with Crippen LogP contribution in [-0.4, -0.2) is 23.9 Å². The van der Waals surface area contributed by atoms with E-state index in [0.717, 1.165) is 44.4 Å². The van der Waals surface area contributed by atoms with Crippen molar-refractivity contribution in [3.8, 4) is 5.75 Å². The van der Waals surface area contributed by atoms with E-state index < -0.39 is 0 Å². The summed E-state index contributed by atoms with van der Waals surface area (Å²) in [6.45, 7) is 5.38. The SMILES string of the molecule is CCCNC(CC)c1ccccc1OC1CCCC1O. The molecular weight excluding hydrogens is 250 g/mol. The Hall–Kier alpha value is -1.06. The maximum absolute atomic E-state index is 9.94. The third-order valence-electron chi connectivity index (χ3n) is 4.04. The van der Waals surface area contributed by atoms with E-state index in [2.05, 4.69) is 31.3 Å². The van der Waals surface area contributed by atoms with Crippen molar-refractivity contribution in [2.24, 2.45) is 0 Å². The highest BCUT2D eigenvalue weighted by Crippen LogP contribution is 2.31. The van der Waals surface area contributed by atoms with Crippen LogP contribution in [0.2, 0.25) is 0 Å². The van der Waals surface area contributed by atoms with Gasteiger partial charge in [-0.05, 0) is 44.7 Å². The summed E-state index contributed by atoms with van der Waals surface area (Å²) < 4.78 is 6.09. The summed E-state index contributed by atoms with van der Waals surface area (Å²) >= 11 is 0. The quantitative estimate of drug-likeness (QED) is 0.802. The van der Waals surface area contributed by atoms with Gasteiger partial charge in [-0.15, -0.1) is 0 Å². The molecule has 2 rings (SSSR count). The van der Waals surface area contributed by atoms with Gasteiger partial charge in [-0.25, -0.2) is 0 Å². The molecule has 1 aromatic carbocycles. The fourth-order valence-electron chi connectivity index (χ4n) is 2.88. The number of rotatable bonds is 7. The summed E-state index contributed by atoms with van der Waals surface area (Å²) in [5.41, 5.74) is 1.21. The lowest BCUT2D eigenvalue weighted by Crippen LogP contribution is -2.27. The molecule has 2 N–H and O–H groups in total. The van der Waals surface area contributed by atoms with E-state index in [1.165, 1.54) is 5.56 Å². The van der Waals surface area contributed by atoms with Crippen molar-refractivity contribution in [1.29, 1.82) is 0 Å². The molecule has 3 heteroatoms. The van der Waals surface area contributed by atoms with Gasteiger partial charge in [-0.3, -0.25) is 0 Å². The van der Waals surface area contributed by atoms with Gasteiger partial charge >= 0.3 is 0 Å². The van der Waals surface area contributed by atoms with E-state index in [1.807, 2.05) is 12.1 Å². The van der Waals surface area contributed by atoms with Crippen molar-refractivity contribution in [3.05, 3.63) is 29.8 Å². The van der Waals surface area contributed by atoms with Crippen LogP contribution in [0.3, 0.4) is 0 Å². The van der Waals surface area contributed by atoms with E-state index in [9.17, 15) is 5.11 Å². The zero-order chi connectivity index (χ0) is 14.4. The standard InChI is InChI=1S/C17H27NO2/c1-3-12-18-14(4-2)13-8-5-6-10-16(13)20-17-11-7-9-15(17)19/h5-6,8,10,14-15,17-19H,3-4,7,9,11-12H2,1-2H3. The first-order chi connectivity index (χ1) is 9.76. The topological polar surface area (TPSA) is 41.5 Å². The molecule has 3 unspecified atom stereocenters. The Morgan fingerprint density at radius 2 is 2.10 bits per heavy atom. The first kappa shape index (κ1) is 15.3. The van der Waals surface area contributed by atoms with Gasteiger partial charge in [0.15, 0.2) is 0 Å². The molecule has 3 atom stereocenters. The van der Waals surface area contributed by atoms with Gasteiger partial charge < -0.3 is 15.2 Å². The molecule has 0 bridgehead atoms. The minimum atomic E-state index is -0.313. The highest BCUT2D eigenvalue weighted by atomic mass is 16.5. The van der Waals surface area contributed by atoms with Crippen LogP contribution in [-0.2, 0) is 0 Å². The smallest absolute Gasteiger partial charge is 0.124 e. The van der Waals surface area contributed by atoms with Gasteiger partial charge in [0, 0.05) is 11.6 Å². The zero-order valence-corrected chi connectivity index (χ0v) is 12.6. The van der Waals surface area contributed by atoms with Gasteiger partial charge in [0.25, 0.3) is 0 Å². The normalized spacial score (nSPS) is 23.8. The first-order valence-electron chi connectivity index (χ1n) is 7.93. The number of aliphatic hydroxyl groups is 1. The van der Waals surface area contributed by atoms with E-state index in [-0.39, 0.29) is 12.2 Å². The molecule has 0 heterocycles. The summed E-state index contributed by atoms with van der Waals surface area (Å²) in [5, 5.41) is 13.5. The zero-order valence-electron chi connectivity index (χ0n) is 12.6. The van der Waals surface area contributed by atoms with Crippen LogP contribution >= 0.6 is 0 Å². The first-order valence-corrected chi connectivity index (χ1v) is 7.93. The predicted molar refractivity (Wildman–Crippen MR) is 82.0 cm³/mol. The van der Waals surface area contributed by atoms with E-state index in [0.29, 0.717) is 6.04 Å². The van der Waals surface area contributed by atoms with Gasteiger partial charge in [-0.1, -0.05) is 32.0 Å². The Balaban J connectivity index is 2.11.